The molecule has 1 aliphatic heterocycles. The van der Waals surface area contributed by atoms with Gasteiger partial charge in [0.25, 0.3) is 0 Å². The zero-order valence-electron chi connectivity index (χ0n) is 9.07. The van der Waals surface area contributed by atoms with E-state index in [1.165, 1.54) is 24.0 Å². The topological polar surface area (TPSA) is 12.0 Å². The summed E-state index contributed by atoms with van der Waals surface area (Å²) < 4.78 is 0. The predicted molar refractivity (Wildman–Crippen MR) is 66.2 cm³/mol. The van der Waals surface area contributed by atoms with Crippen LogP contribution in [0.2, 0.25) is 0 Å². The predicted octanol–water partition coefficient (Wildman–Crippen LogP) is 3.29. The number of thioether (sulfide) groups is 1. The summed E-state index contributed by atoms with van der Waals surface area (Å²) >= 11 is 2.04. The van der Waals surface area contributed by atoms with Crippen LogP contribution in [-0.2, 0) is 0 Å². The van der Waals surface area contributed by atoms with Gasteiger partial charge in [0.05, 0.1) is 5.37 Å². The summed E-state index contributed by atoms with van der Waals surface area (Å²) in [7, 11) is 0. The van der Waals surface area contributed by atoms with Gasteiger partial charge >= 0.3 is 0 Å². The molecule has 15 heavy (non-hydrogen) atoms. The molecule has 1 saturated carbocycles. The maximum Gasteiger partial charge on any atom is 0.0792 e. The molecule has 80 valence electrons. The van der Waals surface area contributed by atoms with Crippen molar-refractivity contribution in [2.75, 3.05) is 6.54 Å². The molecule has 2 aliphatic rings. The normalized spacial score (nSPS) is 30.7. The first-order chi connectivity index (χ1) is 7.33. The molecule has 0 radical (unpaired) electrons. The number of benzene rings is 1. The first kappa shape index (κ1) is 9.73. The summed E-state index contributed by atoms with van der Waals surface area (Å²) in [6.45, 7) is 3.43. The fourth-order valence-electron chi connectivity index (χ4n) is 2.16. The Kier molecular flexibility index (Phi) is 2.49. The molecule has 0 spiro atoms. The summed E-state index contributed by atoms with van der Waals surface area (Å²) in [4.78, 5) is 0. The Bertz CT molecular complexity index is 342. The molecular formula is C13H17NS. The second-order valence-electron chi connectivity index (χ2n) is 4.68. The highest BCUT2D eigenvalue weighted by atomic mass is 32.2. The van der Waals surface area contributed by atoms with E-state index in [1.807, 2.05) is 11.8 Å². The number of nitrogens with one attached hydrogen (secondary N) is 1. The van der Waals surface area contributed by atoms with Gasteiger partial charge in [-0.25, -0.2) is 0 Å². The standard InChI is InChI=1S/C13H17NS/c1-9-8-14-13(15-9)12-6-4-11(5-7-12)10-2-3-10/h4-7,9-10,13-14H,2-3,8H2,1H3. The van der Waals surface area contributed by atoms with Gasteiger partial charge in [0, 0.05) is 11.8 Å². The Labute approximate surface area is 95.6 Å². The van der Waals surface area contributed by atoms with Crippen molar-refractivity contribution in [3.05, 3.63) is 35.4 Å². The van der Waals surface area contributed by atoms with Gasteiger partial charge in [-0.15, -0.1) is 11.8 Å². The van der Waals surface area contributed by atoms with Crippen molar-refractivity contribution in [1.82, 2.24) is 5.32 Å². The van der Waals surface area contributed by atoms with Crippen molar-refractivity contribution >= 4 is 11.8 Å². The monoisotopic (exact) mass is 219 g/mol. The molecule has 2 heteroatoms. The smallest absolute Gasteiger partial charge is 0.0792 e. The zero-order valence-corrected chi connectivity index (χ0v) is 9.89. The van der Waals surface area contributed by atoms with Crippen LogP contribution in [0.3, 0.4) is 0 Å². The van der Waals surface area contributed by atoms with E-state index in [4.69, 9.17) is 0 Å². The van der Waals surface area contributed by atoms with Crippen LogP contribution in [0, 0.1) is 0 Å². The lowest BCUT2D eigenvalue weighted by Gasteiger charge is -2.10. The highest BCUT2D eigenvalue weighted by Crippen LogP contribution is 2.41. The van der Waals surface area contributed by atoms with Gasteiger partial charge in [-0.05, 0) is 29.9 Å². The van der Waals surface area contributed by atoms with E-state index in [0.29, 0.717) is 5.37 Å². The minimum atomic E-state index is 0.522. The van der Waals surface area contributed by atoms with Crippen LogP contribution < -0.4 is 5.32 Å². The number of hydrogen-bond donors (Lipinski definition) is 1. The molecule has 1 nitrogen and oxygen atoms in total. The molecule has 1 aromatic rings. The van der Waals surface area contributed by atoms with Crippen molar-refractivity contribution < 1.29 is 0 Å². The Morgan fingerprint density at radius 1 is 1.13 bits per heavy atom. The van der Waals surface area contributed by atoms with Crippen LogP contribution in [0.15, 0.2) is 24.3 Å². The SMILES string of the molecule is CC1CNC(c2ccc(C3CC3)cc2)S1. The number of rotatable bonds is 2. The zero-order chi connectivity index (χ0) is 10.3. The van der Waals surface area contributed by atoms with Crippen molar-refractivity contribution in [2.24, 2.45) is 0 Å². The summed E-state index contributed by atoms with van der Waals surface area (Å²) in [5, 5.41) is 4.82. The summed E-state index contributed by atoms with van der Waals surface area (Å²) in [5.41, 5.74) is 2.98. The fourth-order valence-corrected chi connectivity index (χ4v) is 3.32. The Balaban J connectivity index is 1.75. The van der Waals surface area contributed by atoms with Crippen LogP contribution in [0.4, 0.5) is 0 Å². The molecule has 3 rings (SSSR count). The van der Waals surface area contributed by atoms with Gasteiger partial charge < -0.3 is 5.32 Å². The van der Waals surface area contributed by atoms with E-state index < -0.39 is 0 Å². The molecule has 0 bridgehead atoms. The third-order valence-corrected chi connectivity index (χ3v) is 4.59. The van der Waals surface area contributed by atoms with Crippen LogP contribution in [0.25, 0.3) is 0 Å². The maximum atomic E-state index is 3.55. The molecule has 2 fully saturated rings. The molecular weight excluding hydrogens is 202 g/mol. The molecule has 2 unspecified atom stereocenters. The summed E-state index contributed by atoms with van der Waals surface area (Å²) in [6, 6.07) is 9.24. The van der Waals surface area contributed by atoms with E-state index in [-0.39, 0.29) is 0 Å². The van der Waals surface area contributed by atoms with E-state index >= 15 is 0 Å². The van der Waals surface area contributed by atoms with Crippen molar-refractivity contribution in [3.8, 4) is 0 Å². The van der Waals surface area contributed by atoms with Gasteiger partial charge in [0.15, 0.2) is 0 Å². The van der Waals surface area contributed by atoms with Gasteiger partial charge in [0.2, 0.25) is 0 Å². The largest absolute Gasteiger partial charge is 0.301 e. The average Bonchev–Trinajstić information content (AvgIpc) is 3.02. The van der Waals surface area contributed by atoms with Gasteiger partial charge in [-0.1, -0.05) is 31.2 Å². The maximum absolute atomic E-state index is 3.55. The summed E-state index contributed by atoms with van der Waals surface area (Å²) in [6.07, 6.45) is 2.79. The quantitative estimate of drug-likeness (QED) is 0.819. The van der Waals surface area contributed by atoms with Crippen molar-refractivity contribution in [2.45, 2.75) is 36.3 Å². The lowest BCUT2D eigenvalue weighted by atomic mass is 10.1. The third-order valence-electron chi connectivity index (χ3n) is 3.25. The minimum Gasteiger partial charge on any atom is -0.301 e. The Morgan fingerprint density at radius 2 is 1.80 bits per heavy atom. The summed E-state index contributed by atoms with van der Waals surface area (Å²) in [5.74, 6) is 0.877. The highest BCUT2D eigenvalue weighted by Gasteiger charge is 2.25. The molecule has 0 aromatic heterocycles. The van der Waals surface area contributed by atoms with Crippen LogP contribution >= 0.6 is 11.8 Å². The highest BCUT2D eigenvalue weighted by molar-refractivity contribution is 8.00. The first-order valence-electron chi connectivity index (χ1n) is 5.81. The molecule has 1 N–H and O–H groups in total. The molecule has 0 amide bonds. The van der Waals surface area contributed by atoms with E-state index in [0.717, 1.165) is 17.7 Å². The molecule has 2 atom stereocenters. The second kappa shape index (κ2) is 3.84. The molecule has 1 saturated heterocycles. The molecule has 1 heterocycles. The van der Waals surface area contributed by atoms with Crippen molar-refractivity contribution in [1.29, 1.82) is 0 Å². The fraction of sp³-hybridized carbons (Fsp3) is 0.538. The van der Waals surface area contributed by atoms with Crippen LogP contribution in [0.1, 0.15) is 42.2 Å². The van der Waals surface area contributed by atoms with Crippen molar-refractivity contribution in [3.63, 3.8) is 0 Å². The first-order valence-corrected chi connectivity index (χ1v) is 6.76. The van der Waals surface area contributed by atoms with Gasteiger partial charge in [0.1, 0.15) is 0 Å². The lowest BCUT2D eigenvalue weighted by Crippen LogP contribution is -2.13. The van der Waals surface area contributed by atoms with Crippen LogP contribution in [-0.4, -0.2) is 11.8 Å². The van der Waals surface area contributed by atoms with E-state index in [1.54, 1.807) is 0 Å². The molecule has 1 aliphatic carbocycles. The number of hydrogen-bond acceptors (Lipinski definition) is 2. The van der Waals surface area contributed by atoms with E-state index in [2.05, 4.69) is 36.5 Å². The van der Waals surface area contributed by atoms with Crippen LogP contribution in [0.5, 0.6) is 0 Å². The molecule has 1 aromatic carbocycles. The lowest BCUT2D eigenvalue weighted by molar-refractivity contribution is 0.717. The van der Waals surface area contributed by atoms with Gasteiger partial charge in [-0.2, -0.15) is 0 Å². The second-order valence-corrected chi connectivity index (χ2v) is 6.22. The Morgan fingerprint density at radius 3 is 2.33 bits per heavy atom. The minimum absolute atomic E-state index is 0.522. The third kappa shape index (κ3) is 2.06. The van der Waals surface area contributed by atoms with E-state index in [9.17, 15) is 0 Å². The van der Waals surface area contributed by atoms with Gasteiger partial charge in [-0.3, -0.25) is 0 Å². The average molecular weight is 219 g/mol. The Hall–Kier alpha value is -0.470.